The topological polar surface area (TPSA) is 75.5 Å². The molecule has 7 nitrogen and oxygen atoms in total. The summed E-state index contributed by atoms with van der Waals surface area (Å²) < 4.78 is 18.1. The van der Waals surface area contributed by atoms with E-state index in [0.29, 0.717) is 30.4 Å². The van der Waals surface area contributed by atoms with Crippen LogP contribution in [0.25, 0.3) is 5.69 Å². The zero-order valence-corrected chi connectivity index (χ0v) is 15.1. The molecule has 0 saturated heterocycles. The van der Waals surface area contributed by atoms with Crippen molar-refractivity contribution in [3.63, 3.8) is 0 Å². The van der Waals surface area contributed by atoms with E-state index >= 15 is 0 Å². The van der Waals surface area contributed by atoms with E-state index in [9.17, 15) is 4.79 Å². The van der Waals surface area contributed by atoms with Gasteiger partial charge in [0.1, 0.15) is 24.4 Å². The molecule has 0 N–H and O–H groups in total. The molecular weight excluding hydrogens is 346 g/mol. The van der Waals surface area contributed by atoms with E-state index in [4.69, 9.17) is 14.2 Å². The molecule has 2 heterocycles. The van der Waals surface area contributed by atoms with Crippen LogP contribution in [0.5, 0.6) is 17.2 Å². The lowest BCUT2D eigenvalue weighted by Crippen LogP contribution is -2.28. The summed E-state index contributed by atoms with van der Waals surface area (Å²) in [5, 5.41) is 7.82. The summed E-state index contributed by atoms with van der Waals surface area (Å²) in [6.07, 6.45) is 2.70. The monoisotopic (exact) mass is 365 g/mol. The molecule has 0 fully saturated rings. The van der Waals surface area contributed by atoms with Crippen molar-refractivity contribution in [2.45, 2.75) is 19.4 Å². The van der Waals surface area contributed by atoms with Crippen LogP contribution >= 0.6 is 0 Å². The first kappa shape index (κ1) is 17.1. The highest BCUT2D eigenvalue weighted by Crippen LogP contribution is 2.29. The van der Waals surface area contributed by atoms with Crippen LogP contribution in [-0.4, -0.2) is 29.0 Å². The molecule has 7 heteroatoms. The summed E-state index contributed by atoms with van der Waals surface area (Å²) in [6, 6.07) is 11.4. The number of hydrogen-bond acceptors (Lipinski definition) is 6. The van der Waals surface area contributed by atoms with Gasteiger partial charge in [-0.1, -0.05) is 6.07 Å². The summed E-state index contributed by atoms with van der Waals surface area (Å²) in [6.45, 7) is 0.404. The van der Waals surface area contributed by atoms with E-state index in [1.807, 2.05) is 36.4 Å². The molecule has 4 rings (SSSR count). The molecule has 0 amide bonds. The minimum Gasteiger partial charge on any atom is -0.493 e. The van der Waals surface area contributed by atoms with Crippen LogP contribution in [-0.2, 0) is 19.4 Å². The molecule has 0 saturated carbocycles. The van der Waals surface area contributed by atoms with Crippen LogP contribution in [0.15, 0.2) is 47.4 Å². The number of benzene rings is 2. The van der Waals surface area contributed by atoms with Crippen molar-refractivity contribution in [2.24, 2.45) is 0 Å². The van der Waals surface area contributed by atoms with Crippen LogP contribution in [0.1, 0.15) is 17.0 Å². The fourth-order valence-electron chi connectivity index (χ4n) is 3.25. The van der Waals surface area contributed by atoms with E-state index in [0.717, 1.165) is 29.0 Å². The minimum atomic E-state index is -0.167. The predicted octanol–water partition coefficient (Wildman–Crippen LogP) is 2.32. The molecule has 0 bridgehead atoms. The SMILES string of the molecule is COc1ccc(COc2ccc3c(c2)CCc2nncc(=O)n2-3)cc1OC. The lowest BCUT2D eigenvalue weighted by molar-refractivity contribution is 0.303. The van der Waals surface area contributed by atoms with Gasteiger partial charge in [0, 0.05) is 6.42 Å². The van der Waals surface area contributed by atoms with Crippen LogP contribution in [0.3, 0.4) is 0 Å². The Hall–Kier alpha value is -3.35. The van der Waals surface area contributed by atoms with E-state index in [2.05, 4.69) is 10.2 Å². The lowest BCUT2D eigenvalue weighted by atomic mass is 10.0. The first-order valence-electron chi connectivity index (χ1n) is 8.60. The van der Waals surface area contributed by atoms with Gasteiger partial charge < -0.3 is 14.2 Å². The highest BCUT2D eigenvalue weighted by Gasteiger charge is 2.18. The Kier molecular flexibility index (Phi) is 4.50. The third-order valence-electron chi connectivity index (χ3n) is 4.58. The molecular formula is C20H19N3O4. The second-order valence-corrected chi connectivity index (χ2v) is 6.20. The van der Waals surface area contributed by atoms with Gasteiger partial charge in [0.15, 0.2) is 11.5 Å². The van der Waals surface area contributed by atoms with Crippen molar-refractivity contribution in [3.05, 3.63) is 69.9 Å². The Morgan fingerprint density at radius 2 is 1.89 bits per heavy atom. The van der Waals surface area contributed by atoms with Crippen molar-refractivity contribution < 1.29 is 14.2 Å². The zero-order valence-electron chi connectivity index (χ0n) is 15.1. The van der Waals surface area contributed by atoms with Gasteiger partial charge in [-0.05, 0) is 47.9 Å². The van der Waals surface area contributed by atoms with Crippen LogP contribution in [0.4, 0.5) is 0 Å². The van der Waals surface area contributed by atoms with E-state index in [1.54, 1.807) is 18.8 Å². The van der Waals surface area contributed by atoms with Crippen molar-refractivity contribution in [1.82, 2.24) is 14.8 Å². The Morgan fingerprint density at radius 1 is 1.04 bits per heavy atom. The smallest absolute Gasteiger partial charge is 0.276 e. The Balaban J connectivity index is 1.56. The average Bonchev–Trinajstić information content (AvgIpc) is 2.71. The Labute approximate surface area is 156 Å². The van der Waals surface area contributed by atoms with Gasteiger partial charge in [-0.3, -0.25) is 9.36 Å². The highest BCUT2D eigenvalue weighted by atomic mass is 16.5. The molecule has 0 spiro atoms. The minimum absolute atomic E-state index is 0.167. The van der Waals surface area contributed by atoms with Crippen LogP contribution < -0.4 is 19.8 Å². The molecule has 1 aliphatic heterocycles. The fraction of sp³-hybridized carbons (Fsp3) is 0.250. The summed E-state index contributed by atoms with van der Waals surface area (Å²) in [5.41, 5.74) is 2.71. The molecule has 0 unspecified atom stereocenters. The maximum atomic E-state index is 12.1. The van der Waals surface area contributed by atoms with Gasteiger partial charge in [-0.15, -0.1) is 5.10 Å². The summed E-state index contributed by atoms with van der Waals surface area (Å²) in [5.74, 6) is 2.79. The number of fused-ring (bicyclic) bond motifs is 3. The molecule has 2 aromatic carbocycles. The maximum absolute atomic E-state index is 12.1. The summed E-state index contributed by atoms with van der Waals surface area (Å²) >= 11 is 0. The molecule has 1 aliphatic rings. The third kappa shape index (κ3) is 3.23. The normalized spacial score (nSPS) is 12.1. The van der Waals surface area contributed by atoms with Gasteiger partial charge in [-0.2, -0.15) is 5.10 Å². The molecule has 0 radical (unpaired) electrons. The van der Waals surface area contributed by atoms with Crippen molar-refractivity contribution >= 4 is 0 Å². The first-order chi connectivity index (χ1) is 13.2. The fourth-order valence-corrected chi connectivity index (χ4v) is 3.25. The molecule has 0 aliphatic carbocycles. The van der Waals surface area contributed by atoms with Crippen molar-refractivity contribution in [2.75, 3.05) is 14.2 Å². The number of hydrogen-bond donors (Lipinski definition) is 0. The number of rotatable bonds is 5. The van der Waals surface area contributed by atoms with Crippen molar-refractivity contribution in [3.8, 4) is 22.9 Å². The summed E-state index contributed by atoms with van der Waals surface area (Å²) in [7, 11) is 3.21. The number of aromatic nitrogens is 3. The first-order valence-corrected chi connectivity index (χ1v) is 8.60. The number of nitrogens with zero attached hydrogens (tertiary/aromatic N) is 3. The second kappa shape index (κ2) is 7.11. The second-order valence-electron chi connectivity index (χ2n) is 6.20. The van der Waals surface area contributed by atoms with Gasteiger partial charge in [-0.25, -0.2) is 0 Å². The lowest BCUT2D eigenvalue weighted by Gasteiger charge is -2.20. The van der Waals surface area contributed by atoms with Crippen LogP contribution in [0.2, 0.25) is 0 Å². The Morgan fingerprint density at radius 3 is 2.70 bits per heavy atom. The van der Waals surface area contributed by atoms with Gasteiger partial charge in [0.05, 0.1) is 19.9 Å². The summed E-state index contributed by atoms with van der Waals surface area (Å²) in [4.78, 5) is 12.1. The molecule has 3 aromatic rings. The standard InChI is InChI=1S/C20H19N3O4/c1-25-17-7-3-13(9-18(17)26-2)12-27-15-5-6-16-14(10-15)4-8-19-22-21-11-20(24)23(16)19/h3,5-7,9-11H,4,8,12H2,1-2H3. The quantitative estimate of drug-likeness (QED) is 0.691. The molecule has 138 valence electrons. The zero-order chi connectivity index (χ0) is 18.8. The van der Waals surface area contributed by atoms with Gasteiger partial charge in [0.2, 0.25) is 0 Å². The Bertz CT molecular complexity index is 1050. The molecule has 27 heavy (non-hydrogen) atoms. The predicted molar refractivity (Wildman–Crippen MR) is 98.9 cm³/mol. The van der Waals surface area contributed by atoms with Gasteiger partial charge in [0.25, 0.3) is 5.56 Å². The van der Waals surface area contributed by atoms with E-state index < -0.39 is 0 Å². The number of aryl methyl sites for hydroxylation is 2. The maximum Gasteiger partial charge on any atom is 0.276 e. The number of methoxy groups -OCH3 is 2. The molecule has 1 aromatic heterocycles. The largest absolute Gasteiger partial charge is 0.493 e. The highest BCUT2D eigenvalue weighted by molar-refractivity contribution is 5.48. The van der Waals surface area contributed by atoms with Crippen molar-refractivity contribution in [1.29, 1.82) is 0 Å². The van der Waals surface area contributed by atoms with E-state index in [-0.39, 0.29) is 5.56 Å². The van der Waals surface area contributed by atoms with Gasteiger partial charge >= 0.3 is 0 Å². The average molecular weight is 365 g/mol. The van der Waals surface area contributed by atoms with E-state index in [1.165, 1.54) is 6.20 Å². The van der Waals surface area contributed by atoms with Crippen LogP contribution in [0, 0.1) is 0 Å². The third-order valence-corrected chi connectivity index (χ3v) is 4.58. The number of ether oxygens (including phenoxy) is 3. The molecule has 0 atom stereocenters.